The minimum atomic E-state index is -4.49. The van der Waals surface area contributed by atoms with Gasteiger partial charge < -0.3 is 10.4 Å². The van der Waals surface area contributed by atoms with Crippen molar-refractivity contribution in [1.82, 2.24) is 10.6 Å². The number of nitrogens with one attached hydrogen (secondary N) is 2. The van der Waals surface area contributed by atoms with Gasteiger partial charge in [-0.05, 0) is 18.9 Å². The fourth-order valence-corrected chi connectivity index (χ4v) is 1.81. The summed E-state index contributed by atoms with van der Waals surface area (Å²) in [6.45, 7) is 1.13. The molecule has 0 fully saturated rings. The molecule has 21 heavy (non-hydrogen) atoms. The first kappa shape index (κ1) is 17.5. The third-order valence-corrected chi connectivity index (χ3v) is 2.89. The smallest absolute Gasteiger partial charge is 0.396 e. The van der Waals surface area contributed by atoms with Crippen molar-refractivity contribution in [2.45, 2.75) is 32.1 Å². The molecule has 0 aliphatic heterocycles. The van der Waals surface area contributed by atoms with Gasteiger partial charge in [0.05, 0.1) is 6.54 Å². The van der Waals surface area contributed by atoms with Crippen LogP contribution in [-0.2, 0) is 11.3 Å². The number of carbonyl (C=O) groups is 1. The van der Waals surface area contributed by atoms with Gasteiger partial charge in [0.1, 0.15) is 6.04 Å². The van der Waals surface area contributed by atoms with Gasteiger partial charge in [0, 0.05) is 13.2 Å². The molecule has 0 heterocycles. The molecule has 0 aliphatic rings. The Morgan fingerprint density at radius 1 is 1.38 bits per heavy atom. The van der Waals surface area contributed by atoms with E-state index >= 15 is 0 Å². The molecule has 4 nitrogen and oxygen atoms in total. The Morgan fingerprint density at radius 2 is 2.10 bits per heavy atom. The van der Waals surface area contributed by atoms with Gasteiger partial charge in [-0.1, -0.05) is 29.8 Å². The zero-order chi connectivity index (χ0) is 15.9. The molecule has 0 radical (unpaired) electrons. The van der Waals surface area contributed by atoms with Gasteiger partial charge in [0.15, 0.2) is 0 Å². The second kappa shape index (κ2) is 7.99. The van der Waals surface area contributed by atoms with Gasteiger partial charge in [0.2, 0.25) is 5.91 Å². The highest BCUT2D eigenvalue weighted by Gasteiger charge is 2.38. The summed E-state index contributed by atoms with van der Waals surface area (Å²) < 4.78 is 37.6. The molecule has 0 spiro atoms. The molecule has 0 unspecified atom stereocenters. The number of benzene rings is 1. The van der Waals surface area contributed by atoms with E-state index in [9.17, 15) is 18.0 Å². The zero-order valence-corrected chi connectivity index (χ0v) is 11.7. The molecule has 1 amide bonds. The molecule has 118 valence electrons. The van der Waals surface area contributed by atoms with E-state index in [1.165, 1.54) is 0 Å². The van der Waals surface area contributed by atoms with Crippen LogP contribution in [0, 0.1) is 6.92 Å². The third kappa shape index (κ3) is 6.59. The third-order valence-electron chi connectivity index (χ3n) is 2.89. The van der Waals surface area contributed by atoms with Crippen LogP contribution < -0.4 is 10.6 Å². The molecule has 1 aromatic carbocycles. The first-order valence-corrected chi connectivity index (χ1v) is 6.56. The monoisotopic (exact) mass is 304 g/mol. The van der Waals surface area contributed by atoms with Crippen LogP contribution in [0.3, 0.4) is 0 Å². The van der Waals surface area contributed by atoms with E-state index in [4.69, 9.17) is 5.11 Å². The Balaban J connectivity index is 2.39. The topological polar surface area (TPSA) is 61.4 Å². The van der Waals surface area contributed by atoms with Crippen molar-refractivity contribution in [2.24, 2.45) is 0 Å². The van der Waals surface area contributed by atoms with Crippen LogP contribution in [0.4, 0.5) is 13.2 Å². The normalized spacial score (nSPS) is 13.0. The fraction of sp³-hybridized carbons (Fsp3) is 0.500. The van der Waals surface area contributed by atoms with Crippen molar-refractivity contribution in [1.29, 1.82) is 0 Å². The zero-order valence-electron chi connectivity index (χ0n) is 11.7. The van der Waals surface area contributed by atoms with Gasteiger partial charge in [0.25, 0.3) is 0 Å². The van der Waals surface area contributed by atoms with Crippen molar-refractivity contribution in [2.75, 3.05) is 13.2 Å². The number of aryl methyl sites for hydroxylation is 1. The number of amides is 1. The Morgan fingerprint density at radius 3 is 2.67 bits per heavy atom. The SMILES string of the molecule is Cc1cccc(CNC(=O)CN[C@H](CCO)C(F)(F)F)c1. The minimum absolute atomic E-state index is 0.263. The number of aliphatic hydroxyl groups excluding tert-OH is 1. The largest absolute Gasteiger partial charge is 0.403 e. The molecule has 3 N–H and O–H groups in total. The van der Waals surface area contributed by atoms with Crippen molar-refractivity contribution in [3.63, 3.8) is 0 Å². The van der Waals surface area contributed by atoms with Crippen molar-refractivity contribution in [3.8, 4) is 0 Å². The van der Waals surface area contributed by atoms with Gasteiger partial charge >= 0.3 is 6.18 Å². The summed E-state index contributed by atoms with van der Waals surface area (Å²) >= 11 is 0. The number of rotatable bonds is 7. The Hall–Kier alpha value is -1.60. The van der Waals surface area contributed by atoms with Crippen LogP contribution >= 0.6 is 0 Å². The molecule has 0 bridgehead atoms. The summed E-state index contributed by atoms with van der Waals surface area (Å²) in [6.07, 6.45) is -4.96. The first-order chi connectivity index (χ1) is 9.82. The lowest BCUT2D eigenvalue weighted by molar-refractivity contribution is -0.159. The quantitative estimate of drug-likeness (QED) is 0.716. The van der Waals surface area contributed by atoms with Gasteiger partial charge in [-0.2, -0.15) is 13.2 Å². The van der Waals surface area contributed by atoms with Crippen LogP contribution in [0.5, 0.6) is 0 Å². The van der Waals surface area contributed by atoms with E-state index in [1.807, 2.05) is 31.2 Å². The maximum Gasteiger partial charge on any atom is 0.403 e. The molecule has 1 rings (SSSR count). The van der Waals surface area contributed by atoms with E-state index in [0.717, 1.165) is 11.1 Å². The highest BCUT2D eigenvalue weighted by molar-refractivity contribution is 5.78. The average Bonchev–Trinajstić information content (AvgIpc) is 2.40. The van der Waals surface area contributed by atoms with Crippen LogP contribution in [-0.4, -0.2) is 36.4 Å². The molecular formula is C14H19F3N2O2. The Bertz CT molecular complexity index is 464. The fourth-order valence-electron chi connectivity index (χ4n) is 1.81. The predicted molar refractivity (Wildman–Crippen MR) is 72.6 cm³/mol. The second-order valence-corrected chi connectivity index (χ2v) is 4.75. The van der Waals surface area contributed by atoms with Gasteiger partial charge in [-0.3, -0.25) is 10.1 Å². The summed E-state index contributed by atoms with van der Waals surface area (Å²) in [5.41, 5.74) is 1.92. The van der Waals surface area contributed by atoms with Gasteiger partial charge in [-0.15, -0.1) is 0 Å². The lowest BCUT2D eigenvalue weighted by Gasteiger charge is -2.20. The highest BCUT2D eigenvalue weighted by atomic mass is 19.4. The molecule has 1 aromatic rings. The number of halogens is 3. The molecular weight excluding hydrogens is 285 g/mol. The summed E-state index contributed by atoms with van der Waals surface area (Å²) in [5.74, 6) is -0.524. The van der Waals surface area contributed by atoms with E-state index in [-0.39, 0.29) is 6.54 Å². The summed E-state index contributed by atoms with van der Waals surface area (Å²) in [5, 5.41) is 13.3. The first-order valence-electron chi connectivity index (χ1n) is 6.56. The van der Waals surface area contributed by atoms with Crippen molar-refractivity contribution >= 4 is 5.91 Å². The van der Waals surface area contributed by atoms with Crippen molar-refractivity contribution < 1.29 is 23.1 Å². The summed E-state index contributed by atoms with van der Waals surface area (Å²) in [6, 6.07) is 5.58. The molecule has 0 saturated heterocycles. The second-order valence-electron chi connectivity index (χ2n) is 4.75. The lowest BCUT2D eigenvalue weighted by Crippen LogP contribution is -2.47. The number of hydrogen-bond donors (Lipinski definition) is 3. The molecule has 0 aromatic heterocycles. The highest BCUT2D eigenvalue weighted by Crippen LogP contribution is 2.21. The predicted octanol–water partition coefficient (Wildman–Crippen LogP) is 1.51. The van der Waals surface area contributed by atoms with Crippen LogP contribution in [0.25, 0.3) is 0 Å². The molecule has 0 saturated carbocycles. The Kier molecular flexibility index (Phi) is 6.64. The standard InChI is InChI=1S/C14H19F3N2O2/c1-10-3-2-4-11(7-10)8-19-13(21)9-18-12(5-6-20)14(15,16)17/h2-4,7,12,18,20H,5-6,8-9H2,1H3,(H,19,21)/t12-/m1/s1. The maximum absolute atomic E-state index is 12.5. The number of hydrogen-bond acceptors (Lipinski definition) is 3. The van der Waals surface area contributed by atoms with E-state index < -0.39 is 37.7 Å². The van der Waals surface area contributed by atoms with Gasteiger partial charge in [-0.25, -0.2) is 0 Å². The van der Waals surface area contributed by atoms with E-state index in [2.05, 4.69) is 10.6 Å². The number of carbonyl (C=O) groups excluding carboxylic acids is 1. The molecule has 7 heteroatoms. The van der Waals surface area contributed by atoms with Crippen molar-refractivity contribution in [3.05, 3.63) is 35.4 Å². The number of aliphatic hydroxyl groups is 1. The lowest BCUT2D eigenvalue weighted by atomic mass is 10.1. The van der Waals surface area contributed by atoms with E-state index in [1.54, 1.807) is 0 Å². The maximum atomic E-state index is 12.5. The summed E-state index contributed by atoms with van der Waals surface area (Å²) in [4.78, 5) is 11.5. The molecule has 1 atom stereocenters. The Labute approximate surface area is 121 Å². The summed E-state index contributed by atoms with van der Waals surface area (Å²) in [7, 11) is 0. The van der Waals surface area contributed by atoms with Crippen LogP contribution in [0.15, 0.2) is 24.3 Å². The average molecular weight is 304 g/mol. The van der Waals surface area contributed by atoms with Crippen LogP contribution in [0.2, 0.25) is 0 Å². The number of alkyl halides is 3. The minimum Gasteiger partial charge on any atom is -0.396 e. The molecule has 0 aliphatic carbocycles. The van der Waals surface area contributed by atoms with E-state index in [0.29, 0.717) is 0 Å². The van der Waals surface area contributed by atoms with Crippen LogP contribution in [0.1, 0.15) is 17.5 Å².